The van der Waals surface area contributed by atoms with Crippen molar-refractivity contribution in [1.82, 2.24) is 5.32 Å². The summed E-state index contributed by atoms with van der Waals surface area (Å²) in [5.41, 5.74) is 3.94. The Kier molecular flexibility index (Phi) is 4.75. The van der Waals surface area contributed by atoms with E-state index in [1.807, 2.05) is 37.3 Å². The highest BCUT2D eigenvalue weighted by atomic mass is 16.6. The smallest absolute Gasteiger partial charge is 0.225 e. The number of rotatable bonds is 5. The van der Waals surface area contributed by atoms with Crippen LogP contribution in [0.1, 0.15) is 36.6 Å². The molecule has 0 aliphatic carbocycles. The lowest BCUT2D eigenvalue weighted by molar-refractivity contribution is -0.121. The molecule has 0 saturated carbocycles. The van der Waals surface area contributed by atoms with E-state index in [9.17, 15) is 4.79 Å². The maximum Gasteiger partial charge on any atom is 0.225 e. The number of benzene rings is 2. The number of carbonyl (C=O) groups excluding carboxylic acids is 1. The van der Waals surface area contributed by atoms with Gasteiger partial charge in [-0.2, -0.15) is 0 Å². The van der Waals surface area contributed by atoms with Crippen molar-refractivity contribution in [2.75, 3.05) is 13.2 Å². The summed E-state index contributed by atoms with van der Waals surface area (Å²) in [6.07, 6.45) is 2.92. The van der Waals surface area contributed by atoms with Crippen molar-refractivity contribution in [3.05, 3.63) is 59.4 Å². The fourth-order valence-electron chi connectivity index (χ4n) is 3.36. The molecule has 2 heterocycles. The summed E-state index contributed by atoms with van der Waals surface area (Å²) >= 11 is 0. The highest BCUT2D eigenvalue weighted by Crippen LogP contribution is 2.32. The third-order valence-corrected chi connectivity index (χ3v) is 4.92. The van der Waals surface area contributed by atoms with E-state index in [1.165, 1.54) is 5.56 Å². The number of hydrogen-bond acceptors (Lipinski definition) is 4. The molecule has 1 aromatic heterocycles. The highest BCUT2D eigenvalue weighted by molar-refractivity contribution is 5.88. The third kappa shape index (κ3) is 3.63. The van der Waals surface area contributed by atoms with Gasteiger partial charge in [-0.25, -0.2) is 0 Å². The summed E-state index contributed by atoms with van der Waals surface area (Å²) in [5.74, 6) is 1.44. The predicted molar refractivity (Wildman–Crippen MR) is 103 cm³/mol. The van der Waals surface area contributed by atoms with Crippen LogP contribution in [0.3, 0.4) is 0 Å². The van der Waals surface area contributed by atoms with Gasteiger partial charge in [0.05, 0.1) is 18.7 Å². The minimum atomic E-state index is -0.127. The Balaban J connectivity index is 1.45. The fourth-order valence-corrected chi connectivity index (χ4v) is 3.36. The zero-order valence-corrected chi connectivity index (χ0v) is 15.6. The monoisotopic (exact) mass is 365 g/mol. The SMILES string of the molecule is CCc1ccc2c(CC(=O)NC(C)c3ccc4c(c3)OCCO4)coc2c1. The van der Waals surface area contributed by atoms with Gasteiger partial charge in [0.15, 0.2) is 11.5 Å². The second-order valence-corrected chi connectivity index (χ2v) is 6.81. The quantitative estimate of drug-likeness (QED) is 0.737. The number of carbonyl (C=O) groups is 1. The summed E-state index contributed by atoms with van der Waals surface area (Å²) in [5, 5.41) is 4.05. The maximum absolute atomic E-state index is 12.5. The Labute approximate surface area is 158 Å². The lowest BCUT2D eigenvalue weighted by atomic mass is 10.1. The molecule has 2 aromatic carbocycles. The zero-order chi connectivity index (χ0) is 18.8. The average Bonchev–Trinajstić information content (AvgIpc) is 3.09. The van der Waals surface area contributed by atoms with E-state index in [-0.39, 0.29) is 18.4 Å². The van der Waals surface area contributed by atoms with Crippen LogP contribution in [0.25, 0.3) is 11.0 Å². The van der Waals surface area contributed by atoms with Crippen LogP contribution in [0.2, 0.25) is 0 Å². The van der Waals surface area contributed by atoms with Crippen LogP contribution in [0.5, 0.6) is 11.5 Å². The molecule has 1 N–H and O–H groups in total. The van der Waals surface area contributed by atoms with Crippen molar-refractivity contribution < 1.29 is 18.7 Å². The first-order valence-electron chi connectivity index (χ1n) is 9.32. The molecule has 1 unspecified atom stereocenters. The molecule has 5 nitrogen and oxygen atoms in total. The number of aryl methyl sites for hydroxylation is 1. The molecule has 0 radical (unpaired) electrons. The molecule has 27 heavy (non-hydrogen) atoms. The zero-order valence-electron chi connectivity index (χ0n) is 15.6. The van der Waals surface area contributed by atoms with E-state index in [0.29, 0.717) is 13.2 Å². The van der Waals surface area contributed by atoms with Crippen molar-refractivity contribution in [2.24, 2.45) is 0 Å². The van der Waals surface area contributed by atoms with Gasteiger partial charge in [0.25, 0.3) is 0 Å². The molecule has 5 heteroatoms. The van der Waals surface area contributed by atoms with E-state index >= 15 is 0 Å². The summed E-state index contributed by atoms with van der Waals surface area (Å²) in [7, 11) is 0. The molecule has 140 valence electrons. The highest BCUT2D eigenvalue weighted by Gasteiger charge is 2.17. The van der Waals surface area contributed by atoms with Gasteiger partial charge in [0, 0.05) is 10.9 Å². The van der Waals surface area contributed by atoms with Crippen LogP contribution in [0, 0.1) is 0 Å². The van der Waals surface area contributed by atoms with Crippen LogP contribution in [0.4, 0.5) is 0 Å². The summed E-state index contributed by atoms with van der Waals surface area (Å²) in [6, 6.07) is 11.8. The number of ether oxygens (including phenoxy) is 2. The maximum atomic E-state index is 12.5. The predicted octanol–water partition coefficient (Wildman–Crippen LogP) is 4.19. The Hall–Kier alpha value is -2.95. The van der Waals surface area contributed by atoms with Gasteiger partial charge in [0.1, 0.15) is 18.8 Å². The van der Waals surface area contributed by atoms with Crippen molar-refractivity contribution in [1.29, 1.82) is 0 Å². The van der Waals surface area contributed by atoms with Gasteiger partial charge in [-0.15, -0.1) is 0 Å². The largest absolute Gasteiger partial charge is 0.486 e. The first-order chi connectivity index (χ1) is 13.1. The minimum absolute atomic E-state index is 0.0420. The standard InChI is InChI=1S/C22H23NO4/c1-3-15-4-6-18-17(13-27-20(18)10-15)12-22(24)23-14(2)16-5-7-19-21(11-16)26-9-8-25-19/h4-7,10-11,13-14H,3,8-9,12H2,1-2H3,(H,23,24). The molecule has 0 spiro atoms. The Bertz CT molecular complexity index is 976. The molecule has 0 saturated heterocycles. The number of nitrogens with one attached hydrogen (secondary N) is 1. The Morgan fingerprint density at radius 3 is 2.74 bits per heavy atom. The summed E-state index contributed by atoms with van der Waals surface area (Å²) in [6.45, 7) is 5.18. The van der Waals surface area contributed by atoms with Crippen LogP contribution >= 0.6 is 0 Å². The molecule has 1 amide bonds. The molecule has 4 rings (SSSR count). The van der Waals surface area contributed by atoms with E-state index in [1.54, 1.807) is 6.26 Å². The number of hydrogen-bond donors (Lipinski definition) is 1. The molecule has 1 aliphatic rings. The molecule has 0 fully saturated rings. The molecular weight excluding hydrogens is 342 g/mol. The first kappa shape index (κ1) is 17.5. The molecular formula is C22H23NO4. The molecule has 0 bridgehead atoms. The van der Waals surface area contributed by atoms with Gasteiger partial charge in [0.2, 0.25) is 5.91 Å². The Morgan fingerprint density at radius 1 is 1.11 bits per heavy atom. The molecule has 3 aromatic rings. The van der Waals surface area contributed by atoms with Crippen molar-refractivity contribution >= 4 is 16.9 Å². The van der Waals surface area contributed by atoms with Crippen molar-refractivity contribution in [3.8, 4) is 11.5 Å². The van der Waals surface area contributed by atoms with Gasteiger partial charge < -0.3 is 19.2 Å². The van der Waals surface area contributed by atoms with E-state index in [4.69, 9.17) is 13.9 Å². The van der Waals surface area contributed by atoms with Crippen molar-refractivity contribution in [2.45, 2.75) is 32.7 Å². The van der Waals surface area contributed by atoms with E-state index < -0.39 is 0 Å². The average molecular weight is 365 g/mol. The van der Waals surface area contributed by atoms with Gasteiger partial charge in [-0.05, 0) is 42.7 Å². The molecule has 1 aliphatic heterocycles. The van der Waals surface area contributed by atoms with E-state index in [2.05, 4.69) is 18.3 Å². The molecule has 1 atom stereocenters. The van der Waals surface area contributed by atoms with Gasteiger partial charge >= 0.3 is 0 Å². The first-order valence-corrected chi connectivity index (χ1v) is 9.32. The lowest BCUT2D eigenvalue weighted by Gasteiger charge is -2.21. The van der Waals surface area contributed by atoms with Crippen LogP contribution in [-0.4, -0.2) is 19.1 Å². The second kappa shape index (κ2) is 7.35. The summed E-state index contributed by atoms with van der Waals surface area (Å²) in [4.78, 5) is 12.5. The number of furan rings is 1. The topological polar surface area (TPSA) is 60.7 Å². The summed E-state index contributed by atoms with van der Waals surface area (Å²) < 4.78 is 16.8. The van der Waals surface area contributed by atoms with Gasteiger partial charge in [-0.1, -0.05) is 25.1 Å². The van der Waals surface area contributed by atoms with Crippen LogP contribution in [-0.2, 0) is 17.6 Å². The minimum Gasteiger partial charge on any atom is -0.486 e. The lowest BCUT2D eigenvalue weighted by Crippen LogP contribution is -2.28. The third-order valence-electron chi connectivity index (χ3n) is 4.92. The van der Waals surface area contributed by atoms with Crippen LogP contribution in [0.15, 0.2) is 47.1 Å². The fraction of sp³-hybridized carbons (Fsp3) is 0.318. The Morgan fingerprint density at radius 2 is 1.93 bits per heavy atom. The van der Waals surface area contributed by atoms with Crippen LogP contribution < -0.4 is 14.8 Å². The normalized spacial score (nSPS) is 14.1. The van der Waals surface area contributed by atoms with E-state index in [0.717, 1.165) is 40.0 Å². The van der Waals surface area contributed by atoms with Gasteiger partial charge in [-0.3, -0.25) is 4.79 Å². The second-order valence-electron chi connectivity index (χ2n) is 6.81. The number of fused-ring (bicyclic) bond motifs is 2. The van der Waals surface area contributed by atoms with Crippen molar-refractivity contribution in [3.63, 3.8) is 0 Å². The number of amides is 1.